The van der Waals surface area contributed by atoms with Crippen molar-refractivity contribution in [3.8, 4) is 11.5 Å². The van der Waals surface area contributed by atoms with E-state index in [0.29, 0.717) is 16.9 Å². The molecular weight excluding hydrogens is 292 g/mol. The molecule has 0 bridgehead atoms. The number of hydrogen-bond acceptors (Lipinski definition) is 4. The van der Waals surface area contributed by atoms with Crippen molar-refractivity contribution in [2.45, 2.75) is 0 Å². The van der Waals surface area contributed by atoms with Gasteiger partial charge in [0.05, 0.1) is 12.7 Å². The lowest BCUT2D eigenvalue weighted by Gasteiger charge is -2.03. The highest BCUT2D eigenvalue weighted by Crippen LogP contribution is 2.28. The largest absolute Gasteiger partial charge is 0.504 e. The molecule has 0 heterocycles. The fourth-order valence-electron chi connectivity index (χ4n) is 2.48. The highest BCUT2D eigenvalue weighted by Gasteiger charge is 2.31. The van der Waals surface area contributed by atoms with Crippen molar-refractivity contribution < 1.29 is 19.4 Å². The lowest BCUT2D eigenvalue weighted by molar-refractivity contribution is 0.0989. The van der Waals surface area contributed by atoms with E-state index in [0.717, 1.165) is 5.56 Å². The van der Waals surface area contributed by atoms with E-state index < -0.39 is 0 Å². The van der Waals surface area contributed by atoms with E-state index in [1.54, 1.807) is 48.6 Å². The summed E-state index contributed by atoms with van der Waals surface area (Å²) in [5.41, 5.74) is 1.84. The third-order valence-electron chi connectivity index (χ3n) is 3.66. The van der Waals surface area contributed by atoms with Gasteiger partial charge >= 0.3 is 0 Å². The van der Waals surface area contributed by atoms with Crippen molar-refractivity contribution in [2.24, 2.45) is 0 Å². The minimum atomic E-state index is -0.251. The van der Waals surface area contributed by atoms with E-state index in [1.807, 2.05) is 0 Å². The Hall–Kier alpha value is -3.14. The summed E-state index contributed by atoms with van der Waals surface area (Å²) >= 11 is 0. The number of ether oxygens (including phenoxy) is 1. The van der Waals surface area contributed by atoms with Crippen molar-refractivity contribution in [3.63, 3.8) is 0 Å². The Morgan fingerprint density at radius 1 is 1.00 bits per heavy atom. The zero-order valence-electron chi connectivity index (χ0n) is 12.4. The van der Waals surface area contributed by atoms with Crippen LogP contribution < -0.4 is 4.74 Å². The summed E-state index contributed by atoms with van der Waals surface area (Å²) in [6.45, 7) is 0. The van der Waals surface area contributed by atoms with Gasteiger partial charge in [0.15, 0.2) is 23.1 Å². The zero-order valence-corrected chi connectivity index (χ0v) is 12.4. The Morgan fingerprint density at radius 3 is 2.26 bits per heavy atom. The number of phenols is 1. The average Bonchev–Trinajstić information content (AvgIpc) is 2.81. The van der Waals surface area contributed by atoms with Crippen molar-refractivity contribution in [1.29, 1.82) is 0 Å². The molecule has 0 saturated heterocycles. The maximum atomic E-state index is 12.2. The number of Topliss-reactive ketones (excluding diaryl/α,β-unsaturated/α-hetero) is 2. The van der Waals surface area contributed by atoms with Gasteiger partial charge in [-0.05, 0) is 23.8 Å². The summed E-state index contributed by atoms with van der Waals surface area (Å²) in [6.07, 6.45) is 4.89. The van der Waals surface area contributed by atoms with E-state index >= 15 is 0 Å². The average molecular weight is 306 g/mol. The van der Waals surface area contributed by atoms with Gasteiger partial charge in [0, 0.05) is 11.1 Å². The molecule has 1 N–H and O–H groups in total. The second-order valence-corrected chi connectivity index (χ2v) is 5.07. The number of carbonyl (C=O) groups excluding carboxylic acids is 2. The van der Waals surface area contributed by atoms with Gasteiger partial charge in [0.2, 0.25) is 0 Å². The quantitative estimate of drug-likeness (QED) is 0.697. The Bertz CT molecular complexity index is 822. The van der Waals surface area contributed by atoms with Crippen LogP contribution in [0.4, 0.5) is 0 Å². The number of allylic oxidation sites excluding steroid dienone is 3. The molecule has 0 unspecified atom stereocenters. The van der Waals surface area contributed by atoms with Gasteiger partial charge in [-0.15, -0.1) is 0 Å². The van der Waals surface area contributed by atoms with Crippen LogP contribution in [0.15, 0.2) is 60.2 Å². The lowest BCUT2D eigenvalue weighted by atomic mass is 10.1. The number of aromatic hydroxyl groups is 1. The monoisotopic (exact) mass is 306 g/mol. The molecular formula is C19H14O4. The number of fused-ring (bicyclic) bond motifs is 1. The summed E-state index contributed by atoms with van der Waals surface area (Å²) in [4.78, 5) is 24.4. The minimum Gasteiger partial charge on any atom is -0.504 e. The third-order valence-corrected chi connectivity index (χ3v) is 3.66. The van der Waals surface area contributed by atoms with E-state index in [2.05, 4.69) is 0 Å². The molecule has 114 valence electrons. The number of methoxy groups -OCH3 is 1. The SMILES string of the molecule is COc1cc(/C=C/C=C2C(=O)c3ccccc3C2=O)ccc1O. The number of hydrogen-bond donors (Lipinski definition) is 1. The van der Waals surface area contributed by atoms with Crippen molar-refractivity contribution >= 4 is 17.6 Å². The molecule has 1 aliphatic carbocycles. The number of benzene rings is 2. The number of ketones is 2. The van der Waals surface area contributed by atoms with Crippen LogP contribution >= 0.6 is 0 Å². The van der Waals surface area contributed by atoms with Crippen LogP contribution in [0.5, 0.6) is 11.5 Å². The standard InChI is InChI=1S/C19H14O4/c1-23-17-11-12(9-10-16(17)20)5-4-8-15-18(21)13-6-2-3-7-14(13)19(15)22/h2-11,20H,1H3/b5-4+. The van der Waals surface area contributed by atoms with Crippen molar-refractivity contribution in [3.05, 3.63) is 76.9 Å². The highest BCUT2D eigenvalue weighted by molar-refractivity contribution is 6.39. The van der Waals surface area contributed by atoms with E-state index in [-0.39, 0.29) is 22.9 Å². The highest BCUT2D eigenvalue weighted by atomic mass is 16.5. The number of phenolic OH excluding ortho intramolecular Hbond substituents is 1. The molecule has 0 fully saturated rings. The molecule has 23 heavy (non-hydrogen) atoms. The molecule has 0 saturated carbocycles. The van der Waals surface area contributed by atoms with Gasteiger partial charge in [0.1, 0.15) is 0 Å². The van der Waals surface area contributed by atoms with Gasteiger partial charge in [-0.25, -0.2) is 0 Å². The van der Waals surface area contributed by atoms with Gasteiger partial charge in [-0.3, -0.25) is 9.59 Å². The van der Waals surface area contributed by atoms with Crippen LogP contribution in [0, 0.1) is 0 Å². The summed E-state index contributed by atoms with van der Waals surface area (Å²) in [6, 6.07) is 11.7. The Labute approximate surface area is 133 Å². The first-order chi connectivity index (χ1) is 11.1. The van der Waals surface area contributed by atoms with E-state index in [1.165, 1.54) is 19.3 Å². The molecule has 4 nitrogen and oxygen atoms in total. The molecule has 4 heteroatoms. The summed E-state index contributed by atoms with van der Waals surface area (Å²) in [5.74, 6) is -0.0862. The van der Waals surface area contributed by atoms with Crippen LogP contribution in [0.3, 0.4) is 0 Å². The molecule has 0 aromatic heterocycles. The molecule has 0 radical (unpaired) electrons. The molecule has 0 atom stereocenters. The first-order valence-corrected chi connectivity index (χ1v) is 7.05. The second kappa shape index (κ2) is 5.93. The lowest BCUT2D eigenvalue weighted by Crippen LogP contribution is -1.99. The predicted molar refractivity (Wildman–Crippen MR) is 86.9 cm³/mol. The molecule has 1 aliphatic rings. The van der Waals surface area contributed by atoms with Crippen LogP contribution in [-0.2, 0) is 0 Å². The van der Waals surface area contributed by atoms with Crippen molar-refractivity contribution in [1.82, 2.24) is 0 Å². The number of rotatable bonds is 3. The normalized spacial score (nSPS) is 13.5. The van der Waals surface area contributed by atoms with Gasteiger partial charge in [-0.1, -0.05) is 42.5 Å². The molecule has 0 amide bonds. The first kappa shape index (κ1) is 14.8. The van der Waals surface area contributed by atoms with Crippen LogP contribution in [-0.4, -0.2) is 23.8 Å². The zero-order chi connectivity index (χ0) is 16.4. The van der Waals surface area contributed by atoms with Gasteiger partial charge in [0.25, 0.3) is 0 Å². The third kappa shape index (κ3) is 2.66. The fraction of sp³-hybridized carbons (Fsp3) is 0.0526. The van der Waals surface area contributed by atoms with Crippen LogP contribution in [0.25, 0.3) is 6.08 Å². The topological polar surface area (TPSA) is 63.6 Å². The van der Waals surface area contributed by atoms with E-state index in [4.69, 9.17) is 4.74 Å². The molecule has 2 aromatic rings. The van der Waals surface area contributed by atoms with Gasteiger partial charge in [-0.2, -0.15) is 0 Å². The maximum absolute atomic E-state index is 12.2. The minimum absolute atomic E-state index is 0.0552. The number of carbonyl (C=O) groups is 2. The molecule has 3 rings (SSSR count). The predicted octanol–water partition coefficient (Wildman–Crippen LogP) is 3.42. The fourth-order valence-corrected chi connectivity index (χ4v) is 2.48. The molecule has 0 aliphatic heterocycles. The summed E-state index contributed by atoms with van der Waals surface area (Å²) in [5, 5.41) is 9.55. The van der Waals surface area contributed by atoms with E-state index in [9.17, 15) is 14.7 Å². The summed E-state index contributed by atoms with van der Waals surface area (Å²) in [7, 11) is 1.47. The second-order valence-electron chi connectivity index (χ2n) is 5.07. The first-order valence-electron chi connectivity index (χ1n) is 7.05. The maximum Gasteiger partial charge on any atom is 0.197 e. The Balaban J connectivity index is 1.87. The molecule has 2 aromatic carbocycles. The Morgan fingerprint density at radius 2 is 1.65 bits per heavy atom. The van der Waals surface area contributed by atoms with Gasteiger partial charge < -0.3 is 9.84 Å². The van der Waals surface area contributed by atoms with Crippen LogP contribution in [0.2, 0.25) is 0 Å². The van der Waals surface area contributed by atoms with Crippen molar-refractivity contribution in [2.75, 3.05) is 7.11 Å². The Kier molecular flexibility index (Phi) is 3.81. The molecule has 0 spiro atoms. The smallest absolute Gasteiger partial charge is 0.197 e. The summed E-state index contributed by atoms with van der Waals surface area (Å²) < 4.78 is 5.03. The van der Waals surface area contributed by atoms with Crippen LogP contribution in [0.1, 0.15) is 26.3 Å².